The van der Waals surface area contributed by atoms with Crippen LogP contribution in [0.2, 0.25) is 0 Å². The summed E-state index contributed by atoms with van der Waals surface area (Å²) in [6.45, 7) is 17.4. The van der Waals surface area contributed by atoms with Gasteiger partial charge in [0, 0.05) is 16.2 Å². The van der Waals surface area contributed by atoms with E-state index in [-0.39, 0.29) is 80.5 Å². The summed E-state index contributed by atoms with van der Waals surface area (Å²) in [6, 6.07) is 0. The molecule has 0 atom stereocenters. The number of rotatable bonds is 24. The zero-order valence-corrected chi connectivity index (χ0v) is 32.8. The van der Waals surface area contributed by atoms with E-state index in [9.17, 15) is 29.4 Å². The summed E-state index contributed by atoms with van der Waals surface area (Å²) in [6.07, 6.45) is 6.89. The van der Waals surface area contributed by atoms with Crippen molar-refractivity contribution in [3.05, 3.63) is 0 Å². The van der Waals surface area contributed by atoms with E-state index < -0.39 is 42.1 Å². The third-order valence-corrected chi connectivity index (χ3v) is 7.64. The molecule has 0 saturated carbocycles. The third kappa shape index (κ3) is 39.4. The van der Waals surface area contributed by atoms with Crippen LogP contribution in [0.5, 0.6) is 0 Å². The predicted octanol–water partition coefficient (Wildman–Crippen LogP) is -3.86. The number of carbonyl (C=O) groups excluding carboxylic acids is 3. The van der Waals surface area contributed by atoms with Crippen LogP contribution in [0.1, 0.15) is 78.6 Å². The monoisotopic (exact) mass is 854 g/mol. The van der Waals surface area contributed by atoms with Gasteiger partial charge in [0.2, 0.25) is 0 Å². The van der Waals surface area contributed by atoms with Crippen molar-refractivity contribution in [2.24, 2.45) is 16.2 Å². The number of unbranched alkanes of at least 4 members (excludes halogenated alkanes) is 3. The zero-order chi connectivity index (χ0) is 39.1. The summed E-state index contributed by atoms with van der Waals surface area (Å²) in [5.74, 6) is 0. The normalized spacial score (nSPS) is 10.9. The first-order valence-electron chi connectivity index (χ1n) is 14.4. The van der Waals surface area contributed by atoms with Gasteiger partial charge in [-0.05, 0) is 19.3 Å². The summed E-state index contributed by atoms with van der Waals surface area (Å²) in [7, 11) is -8.74. The Morgan fingerprint density at radius 1 is 0.449 bits per heavy atom. The fraction of sp³-hybridized carbons (Fsp3) is 0.889. The van der Waals surface area contributed by atoms with Crippen LogP contribution in [-0.2, 0) is 49.0 Å². The van der Waals surface area contributed by atoms with E-state index in [0.29, 0.717) is 19.3 Å². The van der Waals surface area contributed by atoms with Gasteiger partial charge in [0.25, 0.3) is 20.4 Å². The molecule has 0 saturated heterocycles. The molecule has 0 aromatic carbocycles. The van der Waals surface area contributed by atoms with Crippen molar-refractivity contribution in [2.75, 3.05) is 59.5 Å². The molecule has 0 aliphatic heterocycles. The summed E-state index contributed by atoms with van der Waals surface area (Å²) in [5, 5.41) is 54.5. The molecule has 0 aromatic heterocycles. The van der Waals surface area contributed by atoms with Crippen LogP contribution in [0.3, 0.4) is 0 Å². The smallest absolute Gasteiger partial charge is 0.820 e. The standard InChI is InChI=1S/3C8H17O5P.3CO.Mo/c3*1-2-3-4-8(5-9,6-10)7-13-14(11)12;3*1-2;/h3*9-10H,2-7H2,1H3;;;;/q3*-2;;;;+6. The van der Waals surface area contributed by atoms with Gasteiger partial charge in [-0.25, -0.2) is 0 Å². The van der Waals surface area contributed by atoms with Crippen molar-refractivity contribution in [1.29, 1.82) is 0 Å². The van der Waals surface area contributed by atoms with Gasteiger partial charge >= 0.3 is 21.1 Å². The van der Waals surface area contributed by atoms with Crippen LogP contribution in [0.4, 0.5) is 0 Å². The van der Waals surface area contributed by atoms with Crippen LogP contribution in [-0.4, -0.2) is 110 Å². The molecule has 6 N–H and O–H groups in total. The maximum atomic E-state index is 10.2. The van der Waals surface area contributed by atoms with Gasteiger partial charge in [-0.1, -0.05) is 59.3 Å². The Balaban J connectivity index is -0.0000000990. The van der Waals surface area contributed by atoms with Gasteiger partial charge in [0.05, 0.1) is 59.5 Å². The van der Waals surface area contributed by atoms with E-state index in [0.717, 1.165) is 38.5 Å². The van der Waals surface area contributed by atoms with Gasteiger partial charge < -0.3 is 73.6 Å². The van der Waals surface area contributed by atoms with Crippen LogP contribution in [0.25, 0.3) is 0 Å². The number of aliphatic hydroxyl groups is 6. The van der Waals surface area contributed by atoms with Crippen LogP contribution in [0.15, 0.2) is 0 Å². The molecule has 0 heterocycles. The molecule has 0 aromatic rings. The molecule has 6 radical (unpaired) electrons. The topological polar surface area (TPSA) is 339 Å². The Kier molecular flexibility index (Phi) is 61.0. The van der Waals surface area contributed by atoms with Crippen molar-refractivity contribution in [2.45, 2.75) is 78.6 Å². The first-order valence-corrected chi connectivity index (χ1v) is 17.7. The Hall–Kier alpha value is 0.388. The molecule has 288 valence electrons. The summed E-state index contributed by atoms with van der Waals surface area (Å²) < 4.78 is 13.3. The minimum atomic E-state index is -2.91. The second-order valence-corrected chi connectivity index (χ2v) is 12.4. The van der Waals surface area contributed by atoms with Gasteiger partial charge in [-0.15, -0.1) is 0 Å². The number of hydrogen-bond acceptors (Lipinski definition) is 18. The Labute approximate surface area is 308 Å². The van der Waals surface area contributed by atoms with Gasteiger partial charge in [0.15, 0.2) is 0 Å². The van der Waals surface area contributed by atoms with Crippen molar-refractivity contribution in [1.82, 2.24) is 0 Å². The van der Waals surface area contributed by atoms with Crippen molar-refractivity contribution < 1.29 is 109 Å². The molecule has 49 heavy (non-hydrogen) atoms. The molecule has 0 bridgehead atoms. The molecular weight excluding hydrogens is 801 g/mol. The van der Waals surface area contributed by atoms with E-state index in [1.165, 1.54) is 0 Å². The molecule has 22 heteroatoms. The molecule has 0 spiro atoms. The molecule has 18 nitrogen and oxygen atoms in total. The first kappa shape index (κ1) is 64.4. The fourth-order valence-corrected chi connectivity index (χ4v) is 4.48. The van der Waals surface area contributed by atoms with Crippen LogP contribution >= 0.6 is 25.8 Å². The average molecular weight is 853 g/mol. The maximum Gasteiger partial charge on any atom is 6.00 e. The SMILES string of the molecule is CCCCC(CO)(CO)COP([O-])[O-].CCCCC(CO)(CO)COP([O-])[O-].CCCCC(CO)(CO)COP([O-])[O-].[C]=O.[C]=O.[C]=O.[Mo+6]. The third-order valence-electron chi connectivity index (χ3n) is 6.62. The van der Waals surface area contributed by atoms with Gasteiger partial charge in [-0.2, -0.15) is 25.8 Å². The average Bonchev–Trinajstić information content (AvgIpc) is 3.12. The van der Waals surface area contributed by atoms with E-state index in [1.807, 2.05) is 20.8 Å². The minimum Gasteiger partial charge on any atom is -0.820 e. The van der Waals surface area contributed by atoms with Gasteiger partial charge in [-0.3, -0.25) is 14.4 Å². The molecule has 0 amide bonds. The van der Waals surface area contributed by atoms with Gasteiger partial charge in [0.1, 0.15) is 0 Å². The van der Waals surface area contributed by atoms with E-state index in [4.69, 9.17) is 45.0 Å². The van der Waals surface area contributed by atoms with E-state index in [2.05, 4.69) is 33.9 Å². The van der Waals surface area contributed by atoms with Crippen LogP contribution < -0.4 is 29.4 Å². The summed E-state index contributed by atoms with van der Waals surface area (Å²) in [5.41, 5.74) is -2.48. The second-order valence-electron chi connectivity index (χ2n) is 10.3. The van der Waals surface area contributed by atoms with Crippen molar-refractivity contribution in [3.63, 3.8) is 0 Å². The first-order chi connectivity index (χ1) is 22.8. The number of hydrogen-bond donors (Lipinski definition) is 6. The fourth-order valence-electron chi connectivity index (χ4n) is 3.34. The van der Waals surface area contributed by atoms with E-state index in [1.54, 1.807) is 0 Å². The molecule has 0 rings (SSSR count). The second kappa shape index (κ2) is 46.4. The Morgan fingerprint density at radius 3 is 0.714 bits per heavy atom. The van der Waals surface area contributed by atoms with Crippen molar-refractivity contribution in [3.8, 4) is 0 Å². The largest absolute Gasteiger partial charge is 6.00 e. The summed E-state index contributed by atoms with van der Waals surface area (Å²) >= 11 is 0. The molecule has 0 aliphatic rings. The molecule has 0 aliphatic carbocycles. The Morgan fingerprint density at radius 2 is 0.612 bits per heavy atom. The number of aliphatic hydroxyl groups excluding tert-OH is 6. The maximum absolute atomic E-state index is 10.2. The molecule has 0 fully saturated rings. The van der Waals surface area contributed by atoms with E-state index >= 15 is 0 Å². The van der Waals surface area contributed by atoms with Crippen molar-refractivity contribution >= 4 is 46.2 Å². The zero-order valence-electron chi connectivity index (χ0n) is 28.1. The van der Waals surface area contributed by atoms with Crippen LogP contribution in [0, 0.1) is 16.2 Å². The molecule has 0 unspecified atom stereocenters. The minimum absolute atomic E-state index is 0. The predicted molar refractivity (Wildman–Crippen MR) is 164 cm³/mol. The quantitative estimate of drug-likeness (QED) is 0.0400. The molecular formula is C27H51MoO18P3. The summed E-state index contributed by atoms with van der Waals surface area (Å²) in [4.78, 5) is 83.7. The Bertz CT molecular complexity index is 541.